The Bertz CT molecular complexity index is 599. The standard InChI is InChI=1S/C15H13Cl2FO/c1-9-3-4-10(16)7-13(9)15(17)12-6-5-11(19-2)8-14(12)18/h3-8,15H,1-2H3. The van der Waals surface area contributed by atoms with Crippen molar-refractivity contribution in [2.75, 3.05) is 7.11 Å². The summed E-state index contributed by atoms with van der Waals surface area (Å²) >= 11 is 12.3. The van der Waals surface area contributed by atoms with Crippen LogP contribution >= 0.6 is 23.2 Å². The highest BCUT2D eigenvalue weighted by atomic mass is 35.5. The Hall–Kier alpha value is -1.25. The van der Waals surface area contributed by atoms with E-state index in [0.717, 1.165) is 11.1 Å². The van der Waals surface area contributed by atoms with Crippen molar-refractivity contribution in [3.63, 3.8) is 0 Å². The fourth-order valence-electron chi connectivity index (χ4n) is 1.89. The van der Waals surface area contributed by atoms with Crippen LogP contribution in [0.3, 0.4) is 0 Å². The summed E-state index contributed by atoms with van der Waals surface area (Å²) in [7, 11) is 1.49. The van der Waals surface area contributed by atoms with E-state index >= 15 is 0 Å². The SMILES string of the molecule is COc1ccc(C(Cl)c2cc(Cl)ccc2C)c(F)c1. The number of rotatable bonds is 3. The lowest BCUT2D eigenvalue weighted by Crippen LogP contribution is -2.00. The molecule has 0 saturated carbocycles. The van der Waals surface area contributed by atoms with Crippen molar-refractivity contribution in [1.82, 2.24) is 0 Å². The van der Waals surface area contributed by atoms with Crippen LogP contribution in [0.15, 0.2) is 36.4 Å². The zero-order valence-corrected chi connectivity index (χ0v) is 12.1. The molecule has 0 aromatic heterocycles. The molecule has 0 fully saturated rings. The van der Waals surface area contributed by atoms with Crippen LogP contribution in [0.5, 0.6) is 5.75 Å². The van der Waals surface area contributed by atoms with E-state index in [0.29, 0.717) is 16.3 Å². The lowest BCUT2D eigenvalue weighted by atomic mass is 9.99. The summed E-state index contributed by atoms with van der Waals surface area (Å²) in [5.74, 6) is 0.0756. The molecule has 4 heteroatoms. The summed E-state index contributed by atoms with van der Waals surface area (Å²) in [5, 5.41) is 0.00442. The number of halogens is 3. The van der Waals surface area contributed by atoms with Gasteiger partial charge in [0.2, 0.25) is 0 Å². The van der Waals surface area contributed by atoms with Gasteiger partial charge in [0.25, 0.3) is 0 Å². The number of aryl methyl sites for hydroxylation is 1. The van der Waals surface area contributed by atoms with E-state index in [1.165, 1.54) is 13.2 Å². The second kappa shape index (κ2) is 5.81. The van der Waals surface area contributed by atoms with E-state index in [9.17, 15) is 4.39 Å². The van der Waals surface area contributed by atoms with Crippen LogP contribution in [0.25, 0.3) is 0 Å². The van der Waals surface area contributed by atoms with Crippen molar-refractivity contribution in [2.45, 2.75) is 12.3 Å². The second-order valence-electron chi connectivity index (χ2n) is 4.25. The minimum absolute atomic E-state index is 0.390. The average Bonchev–Trinajstić information content (AvgIpc) is 2.40. The van der Waals surface area contributed by atoms with Crippen molar-refractivity contribution >= 4 is 23.2 Å². The third-order valence-electron chi connectivity index (χ3n) is 3.00. The third-order valence-corrected chi connectivity index (χ3v) is 3.70. The molecule has 0 aliphatic rings. The van der Waals surface area contributed by atoms with E-state index in [2.05, 4.69) is 0 Å². The molecule has 19 heavy (non-hydrogen) atoms. The van der Waals surface area contributed by atoms with Crippen LogP contribution in [0.4, 0.5) is 4.39 Å². The predicted molar refractivity (Wildman–Crippen MR) is 76.8 cm³/mol. The van der Waals surface area contributed by atoms with Crippen LogP contribution in [0, 0.1) is 12.7 Å². The molecule has 1 unspecified atom stereocenters. The maximum Gasteiger partial charge on any atom is 0.131 e. The first-order valence-corrected chi connectivity index (χ1v) is 6.58. The molecule has 2 aromatic rings. The van der Waals surface area contributed by atoms with Crippen molar-refractivity contribution < 1.29 is 9.13 Å². The molecule has 100 valence electrons. The second-order valence-corrected chi connectivity index (χ2v) is 5.12. The molecule has 1 atom stereocenters. The Morgan fingerprint density at radius 1 is 1.11 bits per heavy atom. The van der Waals surface area contributed by atoms with Crippen molar-refractivity contribution in [1.29, 1.82) is 0 Å². The van der Waals surface area contributed by atoms with Crippen LogP contribution < -0.4 is 4.74 Å². The van der Waals surface area contributed by atoms with Crippen molar-refractivity contribution in [3.05, 3.63) is 63.9 Å². The molecule has 0 heterocycles. The highest BCUT2D eigenvalue weighted by Crippen LogP contribution is 2.35. The van der Waals surface area contributed by atoms with Gasteiger partial charge in [0.05, 0.1) is 12.5 Å². The number of hydrogen-bond acceptors (Lipinski definition) is 1. The molecule has 2 aromatic carbocycles. The van der Waals surface area contributed by atoms with Crippen LogP contribution in [-0.4, -0.2) is 7.11 Å². The number of ether oxygens (including phenoxy) is 1. The highest BCUT2D eigenvalue weighted by Gasteiger charge is 2.18. The van der Waals surface area contributed by atoms with Gasteiger partial charge in [0.15, 0.2) is 0 Å². The number of hydrogen-bond donors (Lipinski definition) is 0. The number of methoxy groups -OCH3 is 1. The minimum Gasteiger partial charge on any atom is -0.497 e. The molecule has 0 spiro atoms. The first-order chi connectivity index (χ1) is 9.02. The van der Waals surface area contributed by atoms with Gasteiger partial charge in [-0.05, 0) is 36.2 Å². The van der Waals surface area contributed by atoms with E-state index in [-0.39, 0.29) is 0 Å². The fourth-order valence-corrected chi connectivity index (χ4v) is 2.48. The van der Waals surface area contributed by atoms with Gasteiger partial charge in [0, 0.05) is 16.7 Å². The van der Waals surface area contributed by atoms with Crippen molar-refractivity contribution in [2.24, 2.45) is 0 Å². The molecule has 0 aliphatic carbocycles. The number of benzene rings is 2. The Morgan fingerprint density at radius 3 is 2.47 bits per heavy atom. The molecule has 0 amide bonds. The molecule has 0 saturated heterocycles. The monoisotopic (exact) mass is 298 g/mol. The van der Waals surface area contributed by atoms with Gasteiger partial charge in [-0.2, -0.15) is 0 Å². The van der Waals surface area contributed by atoms with Gasteiger partial charge in [-0.25, -0.2) is 4.39 Å². The Kier molecular flexibility index (Phi) is 4.33. The van der Waals surface area contributed by atoms with Crippen LogP contribution in [0.2, 0.25) is 5.02 Å². The van der Waals surface area contributed by atoms with E-state index in [1.807, 2.05) is 13.0 Å². The fraction of sp³-hybridized carbons (Fsp3) is 0.200. The lowest BCUT2D eigenvalue weighted by Gasteiger charge is -2.15. The molecule has 0 N–H and O–H groups in total. The summed E-state index contributed by atoms with van der Waals surface area (Å²) in [6.45, 7) is 1.92. The molecular formula is C15H13Cl2FO. The summed E-state index contributed by atoms with van der Waals surface area (Å²) in [6, 6.07) is 10.1. The normalized spacial score (nSPS) is 12.3. The van der Waals surface area contributed by atoms with Gasteiger partial charge in [0.1, 0.15) is 11.6 Å². The minimum atomic E-state index is -0.579. The van der Waals surface area contributed by atoms with Gasteiger partial charge < -0.3 is 4.74 Å². The van der Waals surface area contributed by atoms with Crippen molar-refractivity contribution in [3.8, 4) is 5.75 Å². The Labute approximate surface area is 121 Å². The molecule has 2 rings (SSSR count). The topological polar surface area (TPSA) is 9.23 Å². The highest BCUT2D eigenvalue weighted by molar-refractivity contribution is 6.31. The Morgan fingerprint density at radius 2 is 1.84 bits per heavy atom. The molecule has 0 bridgehead atoms. The average molecular weight is 299 g/mol. The third kappa shape index (κ3) is 3.02. The van der Waals surface area contributed by atoms with E-state index < -0.39 is 11.2 Å². The van der Waals surface area contributed by atoms with Crippen LogP contribution in [0.1, 0.15) is 22.1 Å². The summed E-state index contributed by atoms with van der Waals surface area (Å²) in [4.78, 5) is 0. The number of alkyl halides is 1. The maximum atomic E-state index is 14.0. The smallest absolute Gasteiger partial charge is 0.131 e. The predicted octanol–water partition coefficient (Wildman–Crippen LogP) is 5.12. The first kappa shape index (κ1) is 14.2. The van der Waals surface area contributed by atoms with E-state index in [4.69, 9.17) is 27.9 Å². The molecule has 1 nitrogen and oxygen atoms in total. The Balaban J connectivity index is 2.43. The lowest BCUT2D eigenvalue weighted by molar-refractivity contribution is 0.410. The van der Waals surface area contributed by atoms with Gasteiger partial charge in [-0.3, -0.25) is 0 Å². The zero-order chi connectivity index (χ0) is 14.0. The maximum absolute atomic E-state index is 14.0. The van der Waals surface area contributed by atoms with Gasteiger partial charge >= 0.3 is 0 Å². The van der Waals surface area contributed by atoms with E-state index in [1.54, 1.807) is 24.3 Å². The quantitative estimate of drug-likeness (QED) is 0.714. The first-order valence-electron chi connectivity index (χ1n) is 5.76. The zero-order valence-electron chi connectivity index (χ0n) is 10.6. The summed E-state index contributed by atoms with van der Waals surface area (Å²) < 4.78 is 19.0. The summed E-state index contributed by atoms with van der Waals surface area (Å²) in [6.07, 6.45) is 0. The largest absolute Gasteiger partial charge is 0.497 e. The molecule has 0 aliphatic heterocycles. The summed E-state index contributed by atoms with van der Waals surface area (Å²) in [5.41, 5.74) is 2.19. The van der Waals surface area contributed by atoms with Gasteiger partial charge in [-0.15, -0.1) is 11.6 Å². The van der Waals surface area contributed by atoms with Gasteiger partial charge in [-0.1, -0.05) is 23.7 Å². The molecular weight excluding hydrogens is 286 g/mol. The molecule has 0 radical (unpaired) electrons. The van der Waals surface area contributed by atoms with Crippen LogP contribution in [-0.2, 0) is 0 Å².